The largest absolute Gasteiger partial charge is 0.504 e. The van der Waals surface area contributed by atoms with E-state index in [1.807, 2.05) is 30.3 Å². The molecule has 1 aliphatic rings. The van der Waals surface area contributed by atoms with E-state index >= 15 is 0 Å². The maximum absolute atomic E-state index is 12.5. The van der Waals surface area contributed by atoms with Crippen molar-refractivity contribution in [2.45, 2.75) is 13.5 Å². The zero-order valence-electron chi connectivity index (χ0n) is 13.6. The highest BCUT2D eigenvalue weighted by Gasteiger charge is 2.33. The lowest BCUT2D eigenvalue weighted by Gasteiger charge is -2.18. The Hall–Kier alpha value is -3.15. The lowest BCUT2D eigenvalue weighted by Crippen LogP contribution is -2.29. The molecule has 0 aromatic heterocycles. The first-order valence-corrected chi connectivity index (χ1v) is 7.89. The maximum atomic E-state index is 12.5. The normalized spacial score (nSPS) is 15.6. The lowest BCUT2D eigenvalue weighted by atomic mass is 9.94. The third-order valence-electron chi connectivity index (χ3n) is 3.77. The molecule has 6 heteroatoms. The van der Waals surface area contributed by atoms with Gasteiger partial charge in [-0.15, -0.1) is 0 Å². The summed E-state index contributed by atoms with van der Waals surface area (Å²) in [5, 5.41) is 9.95. The Morgan fingerprint density at radius 1 is 1.24 bits per heavy atom. The number of nitrogens with zero attached hydrogens (tertiary/aromatic N) is 1. The van der Waals surface area contributed by atoms with Crippen LogP contribution in [0.15, 0.2) is 47.5 Å². The number of hydrogen-bond acceptors (Lipinski definition) is 6. The number of ether oxygens (including phenoxy) is 2. The number of rotatable bonds is 5. The Bertz CT molecular complexity index is 829. The molecule has 1 atom stereocenters. The van der Waals surface area contributed by atoms with Gasteiger partial charge in [0.25, 0.3) is 0 Å². The van der Waals surface area contributed by atoms with E-state index in [0.29, 0.717) is 12.3 Å². The number of carbonyl (C=O) groups is 2. The van der Waals surface area contributed by atoms with Crippen LogP contribution in [-0.4, -0.2) is 29.7 Å². The fourth-order valence-electron chi connectivity index (χ4n) is 2.51. The Morgan fingerprint density at radius 2 is 2.00 bits per heavy atom. The first-order chi connectivity index (χ1) is 12.1. The number of benzene rings is 2. The van der Waals surface area contributed by atoms with Gasteiger partial charge in [-0.05, 0) is 18.6 Å². The molecule has 1 heterocycles. The summed E-state index contributed by atoms with van der Waals surface area (Å²) in [5.41, 5.74) is 1.36. The van der Waals surface area contributed by atoms with Crippen LogP contribution in [0, 0.1) is 5.92 Å². The van der Waals surface area contributed by atoms with Crippen molar-refractivity contribution in [3.63, 3.8) is 0 Å². The Morgan fingerprint density at radius 3 is 2.72 bits per heavy atom. The van der Waals surface area contributed by atoms with Crippen molar-refractivity contribution < 1.29 is 24.2 Å². The minimum Gasteiger partial charge on any atom is -0.504 e. The summed E-state index contributed by atoms with van der Waals surface area (Å²) >= 11 is 0. The Kier molecular flexibility index (Phi) is 4.79. The van der Waals surface area contributed by atoms with E-state index in [1.54, 1.807) is 6.92 Å². The highest BCUT2D eigenvalue weighted by atomic mass is 16.5. The van der Waals surface area contributed by atoms with Crippen LogP contribution in [0.5, 0.6) is 11.5 Å². The van der Waals surface area contributed by atoms with Gasteiger partial charge in [0.1, 0.15) is 6.61 Å². The molecule has 128 valence electrons. The van der Waals surface area contributed by atoms with Gasteiger partial charge in [0.2, 0.25) is 0 Å². The SMILES string of the molecule is CCOc1cc2c(cc1O)C(=O)C(C(=O)OCc1ccccc1)C=N2. The molecule has 3 rings (SSSR count). The van der Waals surface area contributed by atoms with Crippen LogP contribution in [0.2, 0.25) is 0 Å². The third kappa shape index (κ3) is 3.52. The Balaban J connectivity index is 1.75. The van der Waals surface area contributed by atoms with E-state index in [-0.39, 0.29) is 23.7 Å². The van der Waals surface area contributed by atoms with E-state index in [4.69, 9.17) is 9.47 Å². The molecular weight excluding hydrogens is 322 g/mol. The second kappa shape index (κ2) is 7.17. The third-order valence-corrected chi connectivity index (χ3v) is 3.77. The molecule has 0 bridgehead atoms. The number of aromatic hydroxyl groups is 1. The van der Waals surface area contributed by atoms with Gasteiger partial charge in [0.05, 0.1) is 12.3 Å². The molecule has 0 saturated heterocycles. The first kappa shape index (κ1) is 16.7. The summed E-state index contributed by atoms with van der Waals surface area (Å²) in [4.78, 5) is 28.9. The summed E-state index contributed by atoms with van der Waals surface area (Å²) in [7, 11) is 0. The summed E-state index contributed by atoms with van der Waals surface area (Å²) < 4.78 is 10.5. The van der Waals surface area contributed by atoms with Gasteiger partial charge in [-0.1, -0.05) is 30.3 Å². The number of ketones is 1. The van der Waals surface area contributed by atoms with Crippen LogP contribution in [0.25, 0.3) is 0 Å². The van der Waals surface area contributed by atoms with Gasteiger partial charge >= 0.3 is 5.97 Å². The van der Waals surface area contributed by atoms with Gasteiger partial charge in [0, 0.05) is 17.8 Å². The van der Waals surface area contributed by atoms with E-state index in [1.165, 1.54) is 18.3 Å². The molecule has 25 heavy (non-hydrogen) atoms. The summed E-state index contributed by atoms with van der Waals surface area (Å²) in [5.74, 6) is -2.16. The molecule has 2 aromatic rings. The standard InChI is InChI=1S/C19H17NO5/c1-2-24-17-9-15-13(8-16(17)21)18(22)14(10-20-15)19(23)25-11-12-6-4-3-5-7-12/h3-10,14,21H,2,11H2,1H3. The van der Waals surface area contributed by atoms with Crippen LogP contribution < -0.4 is 4.74 Å². The van der Waals surface area contributed by atoms with Crippen molar-refractivity contribution in [1.82, 2.24) is 0 Å². The van der Waals surface area contributed by atoms with E-state index in [2.05, 4.69) is 4.99 Å². The van der Waals surface area contributed by atoms with Crippen LogP contribution in [0.4, 0.5) is 5.69 Å². The van der Waals surface area contributed by atoms with Crippen molar-refractivity contribution in [3.8, 4) is 11.5 Å². The lowest BCUT2D eigenvalue weighted by molar-refractivity contribution is -0.145. The van der Waals surface area contributed by atoms with Crippen molar-refractivity contribution >= 4 is 23.7 Å². The number of Topliss-reactive ketones (excluding diaryl/α,β-unsaturated/α-hetero) is 1. The van der Waals surface area contributed by atoms with Gasteiger partial charge in [0.15, 0.2) is 23.2 Å². The van der Waals surface area contributed by atoms with Gasteiger partial charge < -0.3 is 14.6 Å². The predicted molar refractivity (Wildman–Crippen MR) is 91.5 cm³/mol. The molecule has 6 nitrogen and oxygen atoms in total. The van der Waals surface area contributed by atoms with E-state index in [0.717, 1.165) is 5.56 Å². The van der Waals surface area contributed by atoms with Gasteiger partial charge in [-0.25, -0.2) is 0 Å². The van der Waals surface area contributed by atoms with E-state index < -0.39 is 17.7 Å². The molecular formula is C19H17NO5. The van der Waals surface area contributed by atoms with Crippen LogP contribution in [0.1, 0.15) is 22.8 Å². The van der Waals surface area contributed by atoms with Crippen molar-refractivity contribution in [3.05, 3.63) is 53.6 Å². The quantitative estimate of drug-likeness (QED) is 0.668. The molecule has 0 fully saturated rings. The fourth-order valence-corrected chi connectivity index (χ4v) is 2.51. The predicted octanol–water partition coefficient (Wildman–Crippen LogP) is 3.05. The highest BCUT2D eigenvalue weighted by molar-refractivity contribution is 6.22. The fraction of sp³-hybridized carbons (Fsp3) is 0.211. The molecule has 0 aliphatic carbocycles. The molecule has 1 unspecified atom stereocenters. The zero-order chi connectivity index (χ0) is 17.8. The van der Waals surface area contributed by atoms with Crippen LogP contribution in [0.3, 0.4) is 0 Å². The minimum absolute atomic E-state index is 0.0820. The molecule has 2 aromatic carbocycles. The number of carbonyl (C=O) groups excluding carboxylic acids is 2. The number of fused-ring (bicyclic) bond motifs is 1. The van der Waals surface area contributed by atoms with Gasteiger partial charge in [-0.2, -0.15) is 0 Å². The number of phenols is 1. The minimum atomic E-state index is -1.12. The summed E-state index contributed by atoms with van der Waals surface area (Å²) in [6, 6.07) is 11.9. The summed E-state index contributed by atoms with van der Waals surface area (Å²) in [6.45, 7) is 2.24. The monoisotopic (exact) mass is 339 g/mol. The average molecular weight is 339 g/mol. The maximum Gasteiger partial charge on any atom is 0.322 e. The molecule has 0 saturated carbocycles. The molecule has 1 N–H and O–H groups in total. The molecule has 0 amide bonds. The second-order valence-corrected chi connectivity index (χ2v) is 5.48. The second-order valence-electron chi connectivity index (χ2n) is 5.48. The number of aliphatic imine (C=N–C) groups is 1. The van der Waals surface area contributed by atoms with Crippen molar-refractivity contribution in [2.75, 3.05) is 6.61 Å². The molecule has 1 aliphatic heterocycles. The Labute approximate surface area is 144 Å². The number of hydrogen-bond donors (Lipinski definition) is 1. The number of phenolic OH excluding ortho intramolecular Hbond substituents is 1. The smallest absolute Gasteiger partial charge is 0.322 e. The topological polar surface area (TPSA) is 85.2 Å². The molecule has 0 radical (unpaired) electrons. The number of esters is 1. The first-order valence-electron chi connectivity index (χ1n) is 7.89. The van der Waals surface area contributed by atoms with Crippen LogP contribution in [-0.2, 0) is 16.1 Å². The van der Waals surface area contributed by atoms with Crippen molar-refractivity contribution in [2.24, 2.45) is 10.9 Å². The van der Waals surface area contributed by atoms with E-state index in [9.17, 15) is 14.7 Å². The highest BCUT2D eigenvalue weighted by Crippen LogP contribution is 2.37. The zero-order valence-corrected chi connectivity index (χ0v) is 13.6. The van der Waals surface area contributed by atoms with Crippen molar-refractivity contribution in [1.29, 1.82) is 0 Å². The summed E-state index contributed by atoms with van der Waals surface area (Å²) in [6.07, 6.45) is 1.27. The van der Waals surface area contributed by atoms with Crippen LogP contribution >= 0.6 is 0 Å². The van der Waals surface area contributed by atoms with Gasteiger partial charge in [-0.3, -0.25) is 14.6 Å². The average Bonchev–Trinajstić information content (AvgIpc) is 2.62. The molecule has 0 spiro atoms.